The summed E-state index contributed by atoms with van der Waals surface area (Å²) in [5, 5.41) is 12.2. The second-order valence-corrected chi connectivity index (χ2v) is 5.24. The number of nitrogens with one attached hydrogen (secondary N) is 1. The van der Waals surface area contributed by atoms with Crippen LogP contribution in [0.4, 0.5) is 0 Å². The first kappa shape index (κ1) is 17.6. The maximum atomic E-state index is 11.6. The third kappa shape index (κ3) is 6.23. The van der Waals surface area contributed by atoms with Crippen molar-refractivity contribution >= 4 is 35.1 Å². The lowest BCUT2D eigenvalue weighted by Gasteiger charge is -2.13. The molecule has 1 aromatic carbocycles. The van der Waals surface area contributed by atoms with E-state index >= 15 is 0 Å². The van der Waals surface area contributed by atoms with Crippen LogP contribution in [0, 0.1) is 0 Å². The van der Waals surface area contributed by atoms with Crippen molar-refractivity contribution in [1.29, 1.82) is 0 Å². The Balaban J connectivity index is 2.39. The largest absolute Gasteiger partial charge is 0.493 e. The second kappa shape index (κ2) is 8.74. The Bertz CT molecular complexity index is 508. The van der Waals surface area contributed by atoms with Crippen LogP contribution in [0.2, 0.25) is 10.0 Å². The Labute approximate surface area is 133 Å². The van der Waals surface area contributed by atoms with E-state index in [-0.39, 0.29) is 18.9 Å². The highest BCUT2D eigenvalue weighted by atomic mass is 35.5. The molecule has 7 heteroatoms. The van der Waals surface area contributed by atoms with Crippen LogP contribution in [0.15, 0.2) is 18.2 Å². The summed E-state index contributed by atoms with van der Waals surface area (Å²) in [6.07, 6.45) is 1.14. The molecule has 0 heterocycles. The van der Waals surface area contributed by atoms with Crippen molar-refractivity contribution in [3.8, 4) is 5.75 Å². The van der Waals surface area contributed by atoms with E-state index in [0.717, 1.165) is 0 Å². The van der Waals surface area contributed by atoms with Crippen LogP contribution in [0.3, 0.4) is 0 Å². The van der Waals surface area contributed by atoms with Crippen LogP contribution >= 0.6 is 23.2 Å². The van der Waals surface area contributed by atoms with Crippen molar-refractivity contribution in [1.82, 2.24) is 5.32 Å². The fourth-order valence-electron chi connectivity index (χ4n) is 1.64. The number of hydrogen-bond donors (Lipinski definition) is 2. The Hall–Kier alpha value is -1.46. The van der Waals surface area contributed by atoms with E-state index in [4.69, 9.17) is 33.0 Å². The first-order chi connectivity index (χ1) is 9.93. The van der Waals surface area contributed by atoms with Crippen LogP contribution < -0.4 is 10.1 Å². The standard InChI is InChI=1S/C14H17Cl2NO4/c1-2-3-12(14(19)20)17-13(18)6-7-21-9-4-5-10(15)11(16)8-9/h4-5,8,12H,2-3,6-7H2,1H3,(H,17,18)(H,19,20)/t12-/m1/s1. The molecule has 2 N–H and O–H groups in total. The van der Waals surface area contributed by atoms with Gasteiger partial charge >= 0.3 is 5.97 Å². The molecule has 0 fully saturated rings. The zero-order valence-corrected chi connectivity index (χ0v) is 13.1. The molecule has 1 amide bonds. The lowest BCUT2D eigenvalue weighted by atomic mass is 10.1. The topological polar surface area (TPSA) is 75.6 Å². The molecule has 0 aliphatic heterocycles. The molecule has 0 aliphatic carbocycles. The van der Waals surface area contributed by atoms with Gasteiger partial charge in [0.25, 0.3) is 0 Å². The van der Waals surface area contributed by atoms with Gasteiger partial charge in [-0.15, -0.1) is 0 Å². The Morgan fingerprint density at radius 3 is 2.62 bits per heavy atom. The molecule has 0 saturated heterocycles. The second-order valence-electron chi connectivity index (χ2n) is 4.42. The smallest absolute Gasteiger partial charge is 0.326 e. The van der Waals surface area contributed by atoms with Gasteiger partial charge in [0.15, 0.2) is 0 Å². The number of halogens is 2. The number of hydrogen-bond acceptors (Lipinski definition) is 3. The molecular weight excluding hydrogens is 317 g/mol. The minimum absolute atomic E-state index is 0.0632. The molecule has 0 radical (unpaired) electrons. The van der Waals surface area contributed by atoms with Crippen LogP contribution in [0.25, 0.3) is 0 Å². The van der Waals surface area contributed by atoms with Gasteiger partial charge in [0.1, 0.15) is 11.8 Å². The van der Waals surface area contributed by atoms with Crippen LogP contribution in [0.1, 0.15) is 26.2 Å². The van der Waals surface area contributed by atoms with Crippen LogP contribution in [0.5, 0.6) is 5.75 Å². The summed E-state index contributed by atoms with van der Waals surface area (Å²) in [5.41, 5.74) is 0. The van der Waals surface area contributed by atoms with E-state index in [9.17, 15) is 9.59 Å². The Kier molecular flexibility index (Phi) is 7.32. The molecule has 0 unspecified atom stereocenters. The molecular formula is C14H17Cl2NO4. The fraction of sp³-hybridized carbons (Fsp3) is 0.429. The highest BCUT2D eigenvalue weighted by Gasteiger charge is 2.18. The summed E-state index contributed by atoms with van der Waals surface area (Å²) >= 11 is 11.6. The molecule has 0 bridgehead atoms. The molecule has 1 atom stereocenters. The van der Waals surface area contributed by atoms with E-state index < -0.39 is 12.0 Å². The average molecular weight is 334 g/mol. The molecule has 0 spiro atoms. The highest BCUT2D eigenvalue weighted by molar-refractivity contribution is 6.42. The Morgan fingerprint density at radius 1 is 1.33 bits per heavy atom. The predicted molar refractivity (Wildman–Crippen MR) is 81.0 cm³/mol. The fourth-order valence-corrected chi connectivity index (χ4v) is 1.93. The van der Waals surface area contributed by atoms with Crippen molar-refractivity contribution in [2.45, 2.75) is 32.2 Å². The van der Waals surface area contributed by atoms with Gasteiger partial charge in [-0.25, -0.2) is 4.79 Å². The van der Waals surface area contributed by atoms with Crippen LogP contribution in [-0.4, -0.2) is 29.6 Å². The third-order valence-corrected chi connectivity index (χ3v) is 3.44. The van der Waals surface area contributed by atoms with Gasteiger partial charge in [-0.3, -0.25) is 4.79 Å². The minimum Gasteiger partial charge on any atom is -0.493 e. The number of aliphatic carboxylic acids is 1. The first-order valence-corrected chi connectivity index (χ1v) is 7.29. The first-order valence-electron chi connectivity index (χ1n) is 6.54. The molecule has 1 aromatic rings. The molecule has 116 valence electrons. The van der Waals surface area contributed by atoms with Crippen molar-refractivity contribution < 1.29 is 19.4 Å². The van der Waals surface area contributed by atoms with Gasteiger partial charge in [-0.05, 0) is 18.6 Å². The number of amides is 1. The number of ether oxygens (including phenoxy) is 1. The van der Waals surface area contributed by atoms with Gasteiger partial charge in [0, 0.05) is 6.07 Å². The summed E-state index contributed by atoms with van der Waals surface area (Å²) in [7, 11) is 0. The summed E-state index contributed by atoms with van der Waals surface area (Å²) in [6, 6.07) is 3.94. The predicted octanol–water partition coefficient (Wildman–Crippen LogP) is 3.13. The number of benzene rings is 1. The molecule has 21 heavy (non-hydrogen) atoms. The highest BCUT2D eigenvalue weighted by Crippen LogP contribution is 2.26. The zero-order valence-electron chi connectivity index (χ0n) is 11.6. The number of carbonyl (C=O) groups is 2. The van der Waals surface area contributed by atoms with E-state index in [1.807, 2.05) is 6.92 Å². The lowest BCUT2D eigenvalue weighted by molar-refractivity contribution is -0.142. The van der Waals surface area contributed by atoms with E-state index in [1.54, 1.807) is 18.2 Å². The summed E-state index contributed by atoms with van der Waals surface area (Å²) < 4.78 is 5.36. The Morgan fingerprint density at radius 2 is 2.05 bits per heavy atom. The van der Waals surface area contributed by atoms with Crippen molar-refractivity contribution in [3.63, 3.8) is 0 Å². The van der Waals surface area contributed by atoms with Gasteiger partial charge in [0.05, 0.1) is 23.1 Å². The van der Waals surface area contributed by atoms with Crippen LogP contribution in [-0.2, 0) is 9.59 Å². The maximum Gasteiger partial charge on any atom is 0.326 e. The number of rotatable bonds is 8. The van der Waals surface area contributed by atoms with E-state index in [2.05, 4.69) is 5.32 Å². The number of carboxylic acids is 1. The van der Waals surface area contributed by atoms with E-state index in [1.165, 1.54) is 0 Å². The molecule has 1 rings (SSSR count). The quantitative estimate of drug-likeness (QED) is 0.766. The van der Waals surface area contributed by atoms with Gasteiger partial charge in [-0.1, -0.05) is 36.5 Å². The molecule has 0 aromatic heterocycles. The average Bonchev–Trinajstić information content (AvgIpc) is 2.42. The molecule has 5 nitrogen and oxygen atoms in total. The maximum absolute atomic E-state index is 11.6. The zero-order chi connectivity index (χ0) is 15.8. The third-order valence-electron chi connectivity index (χ3n) is 2.70. The number of carbonyl (C=O) groups excluding carboxylic acids is 1. The molecule has 0 saturated carbocycles. The summed E-state index contributed by atoms with van der Waals surface area (Å²) in [5.74, 6) is -0.896. The van der Waals surface area contributed by atoms with Crippen molar-refractivity contribution in [2.24, 2.45) is 0 Å². The molecule has 0 aliphatic rings. The van der Waals surface area contributed by atoms with Crippen molar-refractivity contribution in [2.75, 3.05) is 6.61 Å². The summed E-state index contributed by atoms with van der Waals surface area (Å²) in [6.45, 7) is 1.98. The van der Waals surface area contributed by atoms with Gasteiger partial charge in [-0.2, -0.15) is 0 Å². The van der Waals surface area contributed by atoms with Gasteiger partial charge in [0.2, 0.25) is 5.91 Å². The van der Waals surface area contributed by atoms with Crippen molar-refractivity contribution in [3.05, 3.63) is 28.2 Å². The van der Waals surface area contributed by atoms with E-state index in [0.29, 0.717) is 28.6 Å². The summed E-state index contributed by atoms with van der Waals surface area (Å²) in [4.78, 5) is 22.6. The number of carboxylic acid groups (broad SMARTS) is 1. The minimum atomic E-state index is -1.03. The SMILES string of the molecule is CCC[C@@H](NC(=O)CCOc1ccc(Cl)c(Cl)c1)C(=O)O. The normalized spacial score (nSPS) is 11.8. The lowest BCUT2D eigenvalue weighted by Crippen LogP contribution is -2.41. The van der Waals surface area contributed by atoms with Gasteiger partial charge < -0.3 is 15.2 Å². The monoisotopic (exact) mass is 333 g/mol.